The Morgan fingerprint density at radius 2 is 2.00 bits per heavy atom. The molecule has 0 fully saturated rings. The highest BCUT2D eigenvalue weighted by molar-refractivity contribution is 6.30. The van der Waals surface area contributed by atoms with Crippen LogP contribution >= 0.6 is 11.6 Å². The molecule has 0 saturated carbocycles. The molecule has 1 atom stereocenters. The fraction of sp³-hybridized carbons (Fsp3) is 0.188. The van der Waals surface area contributed by atoms with Crippen molar-refractivity contribution in [1.29, 1.82) is 0 Å². The van der Waals surface area contributed by atoms with E-state index in [4.69, 9.17) is 16.6 Å². The van der Waals surface area contributed by atoms with Crippen LogP contribution in [-0.4, -0.2) is 17.3 Å². The predicted molar refractivity (Wildman–Crippen MR) is 77.6 cm³/mol. The van der Waals surface area contributed by atoms with E-state index in [-0.39, 0.29) is 6.04 Å². The zero-order chi connectivity index (χ0) is 12.8. The van der Waals surface area contributed by atoms with Gasteiger partial charge in [-0.15, -0.1) is 0 Å². The molecule has 2 aliphatic rings. The van der Waals surface area contributed by atoms with Crippen LogP contribution in [-0.2, 0) is 6.54 Å². The average molecular weight is 269 g/mol. The van der Waals surface area contributed by atoms with Crippen molar-refractivity contribution < 1.29 is 0 Å². The minimum atomic E-state index is 0.210. The van der Waals surface area contributed by atoms with Crippen molar-refractivity contribution in [1.82, 2.24) is 4.90 Å². The van der Waals surface area contributed by atoms with Crippen LogP contribution in [0.25, 0.3) is 0 Å². The molecule has 19 heavy (non-hydrogen) atoms. The molecule has 0 aromatic heterocycles. The number of nitrogens with zero attached hydrogens (tertiary/aromatic N) is 2. The molecule has 2 aromatic rings. The molecule has 0 bridgehead atoms. The topological polar surface area (TPSA) is 15.6 Å². The van der Waals surface area contributed by atoms with Crippen LogP contribution in [0.3, 0.4) is 0 Å². The Morgan fingerprint density at radius 1 is 1.11 bits per heavy atom. The van der Waals surface area contributed by atoms with Crippen molar-refractivity contribution >= 4 is 17.4 Å². The smallest absolute Gasteiger partial charge is 0.132 e. The van der Waals surface area contributed by atoms with Crippen molar-refractivity contribution in [3.63, 3.8) is 0 Å². The quantitative estimate of drug-likeness (QED) is 0.771. The summed E-state index contributed by atoms with van der Waals surface area (Å²) in [7, 11) is 0. The third kappa shape index (κ3) is 1.75. The fourth-order valence-electron chi connectivity index (χ4n) is 2.92. The molecule has 0 radical (unpaired) electrons. The Kier molecular flexibility index (Phi) is 2.39. The van der Waals surface area contributed by atoms with Gasteiger partial charge in [0.1, 0.15) is 5.84 Å². The molecule has 0 N–H and O–H groups in total. The number of benzene rings is 2. The first-order valence-corrected chi connectivity index (χ1v) is 6.85. The molecule has 0 aliphatic carbocycles. The highest BCUT2D eigenvalue weighted by atomic mass is 35.5. The summed E-state index contributed by atoms with van der Waals surface area (Å²) in [6, 6.07) is 16.8. The van der Waals surface area contributed by atoms with E-state index in [2.05, 4.69) is 35.2 Å². The van der Waals surface area contributed by atoms with E-state index in [0.717, 1.165) is 23.9 Å². The summed E-state index contributed by atoms with van der Waals surface area (Å²) in [5, 5.41) is 0.783. The van der Waals surface area contributed by atoms with Crippen LogP contribution in [0.15, 0.2) is 53.5 Å². The van der Waals surface area contributed by atoms with Gasteiger partial charge < -0.3 is 4.90 Å². The Hall–Kier alpha value is -1.80. The van der Waals surface area contributed by atoms with Gasteiger partial charge in [0.15, 0.2) is 0 Å². The molecule has 2 nitrogen and oxygen atoms in total. The van der Waals surface area contributed by atoms with Crippen LogP contribution in [0.1, 0.15) is 22.7 Å². The summed E-state index contributed by atoms with van der Waals surface area (Å²) in [5.74, 6) is 1.14. The maximum absolute atomic E-state index is 6.06. The second kappa shape index (κ2) is 4.10. The van der Waals surface area contributed by atoms with Crippen LogP contribution in [0.4, 0.5) is 0 Å². The van der Waals surface area contributed by atoms with E-state index < -0.39 is 0 Å². The molecule has 2 heterocycles. The molecular weight excluding hydrogens is 256 g/mol. The number of halogens is 1. The molecular formula is C16H13ClN2. The van der Waals surface area contributed by atoms with Crippen molar-refractivity contribution in [2.45, 2.75) is 12.6 Å². The van der Waals surface area contributed by atoms with E-state index in [1.807, 2.05) is 18.2 Å². The lowest BCUT2D eigenvalue weighted by atomic mass is 10.1. The summed E-state index contributed by atoms with van der Waals surface area (Å²) >= 11 is 6.06. The van der Waals surface area contributed by atoms with Crippen molar-refractivity contribution in [3.05, 3.63) is 70.2 Å². The Labute approximate surface area is 117 Å². The van der Waals surface area contributed by atoms with Crippen molar-refractivity contribution in [3.8, 4) is 0 Å². The number of hydrogen-bond acceptors (Lipinski definition) is 2. The summed E-state index contributed by atoms with van der Waals surface area (Å²) in [5.41, 5.74) is 3.87. The van der Waals surface area contributed by atoms with Crippen LogP contribution in [0.5, 0.6) is 0 Å². The largest absolute Gasteiger partial charge is 0.350 e. The van der Waals surface area contributed by atoms with Crippen LogP contribution in [0.2, 0.25) is 5.02 Å². The van der Waals surface area contributed by atoms with E-state index >= 15 is 0 Å². The highest BCUT2D eigenvalue weighted by Gasteiger charge is 2.33. The third-order valence-corrected chi connectivity index (χ3v) is 4.06. The predicted octanol–water partition coefficient (Wildman–Crippen LogP) is 3.66. The Bertz CT molecular complexity index is 678. The van der Waals surface area contributed by atoms with Crippen molar-refractivity contribution in [2.24, 2.45) is 4.99 Å². The number of rotatable bonds is 1. The van der Waals surface area contributed by atoms with Gasteiger partial charge in [0.2, 0.25) is 0 Å². The lowest BCUT2D eigenvalue weighted by Crippen LogP contribution is -2.21. The minimum absolute atomic E-state index is 0.210. The molecule has 3 heteroatoms. The lowest BCUT2D eigenvalue weighted by molar-refractivity contribution is 0.435. The number of aliphatic imine (C=N–C) groups is 1. The fourth-order valence-corrected chi connectivity index (χ4v) is 3.12. The van der Waals surface area contributed by atoms with Crippen LogP contribution < -0.4 is 0 Å². The number of amidine groups is 1. The van der Waals surface area contributed by atoms with E-state index in [1.54, 1.807) is 0 Å². The second-order valence-corrected chi connectivity index (χ2v) is 5.50. The number of hydrogen-bond donors (Lipinski definition) is 0. The van der Waals surface area contributed by atoms with Crippen LogP contribution in [0, 0.1) is 0 Å². The monoisotopic (exact) mass is 268 g/mol. The van der Waals surface area contributed by atoms with Gasteiger partial charge in [-0.25, -0.2) is 0 Å². The molecule has 1 unspecified atom stereocenters. The van der Waals surface area contributed by atoms with E-state index in [0.29, 0.717) is 0 Å². The van der Waals surface area contributed by atoms with Gasteiger partial charge in [0, 0.05) is 23.7 Å². The molecule has 2 aromatic carbocycles. The minimum Gasteiger partial charge on any atom is -0.350 e. The molecule has 2 aliphatic heterocycles. The second-order valence-electron chi connectivity index (χ2n) is 5.06. The summed E-state index contributed by atoms with van der Waals surface area (Å²) in [4.78, 5) is 7.24. The van der Waals surface area contributed by atoms with Gasteiger partial charge >= 0.3 is 0 Å². The average Bonchev–Trinajstić information content (AvgIpc) is 2.96. The summed E-state index contributed by atoms with van der Waals surface area (Å²) in [6.45, 7) is 1.93. The zero-order valence-corrected chi connectivity index (χ0v) is 11.1. The highest BCUT2D eigenvalue weighted by Crippen LogP contribution is 2.34. The molecule has 0 amide bonds. The van der Waals surface area contributed by atoms with Gasteiger partial charge in [-0.2, -0.15) is 0 Å². The Balaban J connectivity index is 1.73. The third-order valence-electron chi connectivity index (χ3n) is 3.82. The molecule has 0 saturated heterocycles. The van der Waals surface area contributed by atoms with Gasteiger partial charge in [-0.1, -0.05) is 48.0 Å². The first kappa shape index (κ1) is 11.1. The molecule has 4 rings (SSSR count). The SMILES string of the molecule is Clc1cccc(C2CN3Cc4ccccc4C3=N2)c1. The van der Waals surface area contributed by atoms with Gasteiger partial charge in [-0.3, -0.25) is 4.99 Å². The zero-order valence-electron chi connectivity index (χ0n) is 10.4. The normalized spacial score (nSPS) is 20.2. The summed E-state index contributed by atoms with van der Waals surface area (Å²) < 4.78 is 0. The maximum atomic E-state index is 6.06. The van der Waals surface area contributed by atoms with Gasteiger partial charge in [0.05, 0.1) is 6.04 Å². The first-order chi connectivity index (χ1) is 9.31. The van der Waals surface area contributed by atoms with Crippen molar-refractivity contribution in [2.75, 3.05) is 6.54 Å². The summed E-state index contributed by atoms with van der Waals surface area (Å²) in [6.07, 6.45) is 0. The molecule has 94 valence electrons. The first-order valence-electron chi connectivity index (χ1n) is 6.48. The van der Waals surface area contributed by atoms with Gasteiger partial charge in [-0.05, 0) is 23.3 Å². The Morgan fingerprint density at radius 3 is 2.89 bits per heavy atom. The standard InChI is InChI=1S/C16H13ClN2/c17-13-6-3-5-11(8-13)15-10-19-9-12-4-1-2-7-14(12)16(19)18-15/h1-8,15H,9-10H2. The number of fused-ring (bicyclic) bond motifs is 3. The lowest BCUT2D eigenvalue weighted by Gasteiger charge is -2.13. The maximum Gasteiger partial charge on any atom is 0.132 e. The molecule has 0 spiro atoms. The van der Waals surface area contributed by atoms with E-state index in [9.17, 15) is 0 Å². The van der Waals surface area contributed by atoms with E-state index in [1.165, 1.54) is 16.7 Å². The van der Waals surface area contributed by atoms with Gasteiger partial charge in [0.25, 0.3) is 0 Å².